The molecule has 5 rings (SSSR count). The molecule has 1 N–H and O–H groups in total. The number of nitrogens with zero attached hydrogens (tertiary/aromatic N) is 4. The largest absolute Gasteiger partial charge is 0.462 e. The van der Waals surface area contributed by atoms with Crippen LogP contribution in [0, 0.1) is 13.8 Å². The van der Waals surface area contributed by atoms with Crippen molar-refractivity contribution in [1.29, 1.82) is 0 Å². The molecule has 0 fully saturated rings. The molecule has 0 atom stereocenters. The van der Waals surface area contributed by atoms with Gasteiger partial charge < -0.3 is 14.6 Å². The van der Waals surface area contributed by atoms with E-state index in [2.05, 4.69) is 10.5 Å². The van der Waals surface area contributed by atoms with Gasteiger partial charge in [0.25, 0.3) is 0 Å². The predicted octanol–water partition coefficient (Wildman–Crippen LogP) is 6.27. The summed E-state index contributed by atoms with van der Waals surface area (Å²) in [6, 6.07) is 18.6. The first-order valence-corrected chi connectivity index (χ1v) is 11.5. The highest BCUT2D eigenvalue weighted by Gasteiger charge is 2.26. The summed E-state index contributed by atoms with van der Waals surface area (Å²) in [6.45, 7) is 5.90. The molecule has 2 aromatic carbocycles. The van der Waals surface area contributed by atoms with E-state index in [4.69, 9.17) is 30.9 Å². The van der Waals surface area contributed by atoms with Crippen molar-refractivity contribution in [2.45, 2.75) is 20.8 Å². The molecule has 3 heterocycles. The maximum atomic E-state index is 12.9. The number of carbonyl (C=O) groups is 1. The van der Waals surface area contributed by atoms with E-state index in [1.165, 1.54) is 0 Å². The summed E-state index contributed by atoms with van der Waals surface area (Å²) in [6.07, 6.45) is 0. The standard InChI is InChI=1S/C26H22ClN5O3/c1-4-34-26(33)22-23(17-10-12-18(27)13-11-17)31-35-25(22)29-20-14-15(2)21-16(3)30-32(24(21)28-20)19-8-6-5-7-9-19/h5-14H,4H2,1-3H3,(H,28,29). The number of benzene rings is 2. The fourth-order valence-electron chi connectivity index (χ4n) is 4.01. The number of hydrogen-bond acceptors (Lipinski definition) is 7. The molecule has 5 aromatic rings. The third kappa shape index (κ3) is 4.24. The van der Waals surface area contributed by atoms with Crippen molar-refractivity contribution >= 4 is 40.3 Å². The Morgan fingerprint density at radius 1 is 1.11 bits per heavy atom. The highest BCUT2D eigenvalue weighted by molar-refractivity contribution is 6.30. The molecule has 35 heavy (non-hydrogen) atoms. The number of para-hydroxylation sites is 1. The molecule has 176 valence electrons. The van der Waals surface area contributed by atoms with Gasteiger partial charge in [0.1, 0.15) is 11.5 Å². The monoisotopic (exact) mass is 487 g/mol. The van der Waals surface area contributed by atoms with Gasteiger partial charge in [-0.15, -0.1) is 0 Å². The van der Waals surface area contributed by atoms with Gasteiger partial charge in [0.15, 0.2) is 11.2 Å². The molecule has 0 bridgehead atoms. The Morgan fingerprint density at radius 2 is 1.86 bits per heavy atom. The number of ether oxygens (including phenoxy) is 1. The lowest BCUT2D eigenvalue weighted by Crippen LogP contribution is -2.08. The second-order valence-electron chi connectivity index (χ2n) is 7.94. The van der Waals surface area contributed by atoms with Crippen molar-refractivity contribution in [3.8, 4) is 16.9 Å². The van der Waals surface area contributed by atoms with E-state index >= 15 is 0 Å². The third-order valence-corrected chi connectivity index (χ3v) is 5.79. The second kappa shape index (κ2) is 9.23. The van der Waals surface area contributed by atoms with Crippen LogP contribution in [0.25, 0.3) is 28.0 Å². The number of carbonyl (C=O) groups excluding carboxylic acids is 1. The van der Waals surface area contributed by atoms with Gasteiger partial charge in [0, 0.05) is 16.0 Å². The molecule has 0 saturated carbocycles. The smallest absolute Gasteiger partial charge is 0.346 e. The van der Waals surface area contributed by atoms with Gasteiger partial charge in [-0.25, -0.2) is 14.5 Å². The highest BCUT2D eigenvalue weighted by atomic mass is 35.5. The third-order valence-electron chi connectivity index (χ3n) is 5.54. The minimum absolute atomic E-state index is 0.141. The van der Waals surface area contributed by atoms with Gasteiger partial charge in [-0.1, -0.05) is 47.1 Å². The zero-order valence-electron chi connectivity index (χ0n) is 19.4. The lowest BCUT2D eigenvalue weighted by atomic mass is 10.1. The molecule has 0 spiro atoms. The molecule has 0 unspecified atom stereocenters. The van der Waals surface area contributed by atoms with Gasteiger partial charge in [-0.05, 0) is 56.7 Å². The number of pyridine rings is 1. The van der Waals surface area contributed by atoms with E-state index in [1.54, 1.807) is 35.9 Å². The minimum atomic E-state index is -0.552. The van der Waals surface area contributed by atoms with E-state index in [-0.39, 0.29) is 18.1 Å². The van der Waals surface area contributed by atoms with Crippen molar-refractivity contribution in [3.05, 3.63) is 82.5 Å². The summed E-state index contributed by atoms with van der Waals surface area (Å²) in [7, 11) is 0. The van der Waals surface area contributed by atoms with E-state index in [9.17, 15) is 4.79 Å². The number of nitrogens with one attached hydrogen (secondary N) is 1. The molecule has 0 aliphatic carbocycles. The Bertz CT molecular complexity index is 1520. The molecular weight excluding hydrogens is 466 g/mol. The first-order valence-electron chi connectivity index (χ1n) is 11.1. The number of hydrogen-bond donors (Lipinski definition) is 1. The van der Waals surface area contributed by atoms with Crippen LogP contribution in [0.1, 0.15) is 28.5 Å². The molecule has 3 aromatic heterocycles. The van der Waals surface area contributed by atoms with Crippen molar-refractivity contribution < 1.29 is 14.1 Å². The van der Waals surface area contributed by atoms with E-state index < -0.39 is 5.97 Å². The van der Waals surface area contributed by atoms with Crippen molar-refractivity contribution in [1.82, 2.24) is 19.9 Å². The van der Waals surface area contributed by atoms with Crippen molar-refractivity contribution in [2.24, 2.45) is 0 Å². The second-order valence-corrected chi connectivity index (χ2v) is 8.38. The summed E-state index contributed by atoms with van der Waals surface area (Å²) < 4.78 is 12.7. The van der Waals surface area contributed by atoms with E-state index in [1.807, 2.05) is 50.2 Å². The zero-order chi connectivity index (χ0) is 24.5. The Balaban J connectivity index is 1.60. The van der Waals surface area contributed by atoms with Crippen LogP contribution in [-0.4, -0.2) is 32.5 Å². The molecule has 0 aliphatic rings. The lowest BCUT2D eigenvalue weighted by molar-refractivity contribution is 0.0528. The highest BCUT2D eigenvalue weighted by Crippen LogP contribution is 2.33. The Labute approximate surface area is 206 Å². The van der Waals surface area contributed by atoms with E-state index in [0.29, 0.717) is 27.7 Å². The van der Waals surface area contributed by atoms with Gasteiger partial charge in [-0.3, -0.25) is 0 Å². The molecule has 0 amide bonds. The molecule has 9 heteroatoms. The quantitative estimate of drug-likeness (QED) is 0.282. The lowest BCUT2D eigenvalue weighted by Gasteiger charge is -2.08. The summed E-state index contributed by atoms with van der Waals surface area (Å²) in [5, 5.41) is 13.5. The molecule has 0 radical (unpaired) electrons. The summed E-state index contributed by atoms with van der Waals surface area (Å²) in [4.78, 5) is 17.7. The summed E-state index contributed by atoms with van der Waals surface area (Å²) in [5.41, 5.74) is 4.64. The predicted molar refractivity (Wildman–Crippen MR) is 135 cm³/mol. The number of aryl methyl sites for hydroxylation is 2. The minimum Gasteiger partial charge on any atom is -0.462 e. The number of esters is 1. The van der Waals surface area contributed by atoms with Gasteiger partial charge in [0.2, 0.25) is 5.88 Å². The Hall–Kier alpha value is -4.17. The van der Waals surface area contributed by atoms with Crippen LogP contribution in [0.2, 0.25) is 5.02 Å². The number of halogens is 1. The zero-order valence-corrected chi connectivity index (χ0v) is 20.1. The Morgan fingerprint density at radius 3 is 2.57 bits per heavy atom. The van der Waals surface area contributed by atoms with Crippen molar-refractivity contribution in [2.75, 3.05) is 11.9 Å². The topological polar surface area (TPSA) is 95.1 Å². The van der Waals surface area contributed by atoms with Crippen LogP contribution in [0.15, 0.2) is 65.2 Å². The normalized spacial score (nSPS) is 11.1. The SMILES string of the molecule is CCOC(=O)c1c(-c2ccc(Cl)cc2)noc1Nc1cc(C)c2c(C)nn(-c3ccccc3)c2n1. The van der Waals surface area contributed by atoms with Crippen LogP contribution in [0.3, 0.4) is 0 Å². The molecule has 8 nitrogen and oxygen atoms in total. The van der Waals surface area contributed by atoms with Crippen molar-refractivity contribution in [3.63, 3.8) is 0 Å². The first-order chi connectivity index (χ1) is 17.0. The van der Waals surface area contributed by atoms with Gasteiger partial charge in [-0.2, -0.15) is 5.10 Å². The number of anilines is 2. The number of rotatable bonds is 6. The van der Waals surface area contributed by atoms with Gasteiger partial charge >= 0.3 is 5.97 Å². The molecule has 0 aliphatic heterocycles. The summed E-state index contributed by atoms with van der Waals surface area (Å²) >= 11 is 6.02. The average molecular weight is 488 g/mol. The maximum Gasteiger partial charge on any atom is 0.346 e. The molecular formula is C26H22ClN5O3. The van der Waals surface area contributed by atoms with Crippen LogP contribution >= 0.6 is 11.6 Å². The fourth-order valence-corrected chi connectivity index (χ4v) is 4.13. The first kappa shape index (κ1) is 22.6. The average Bonchev–Trinajstić information content (AvgIpc) is 3.41. The van der Waals surface area contributed by atoms with Crippen LogP contribution in [0.4, 0.5) is 11.7 Å². The van der Waals surface area contributed by atoms with E-state index in [0.717, 1.165) is 22.3 Å². The van der Waals surface area contributed by atoms with Crippen LogP contribution < -0.4 is 5.32 Å². The fraction of sp³-hybridized carbons (Fsp3) is 0.154. The van der Waals surface area contributed by atoms with Crippen LogP contribution in [-0.2, 0) is 4.74 Å². The van der Waals surface area contributed by atoms with Gasteiger partial charge in [0.05, 0.1) is 18.0 Å². The number of aromatic nitrogens is 4. The maximum absolute atomic E-state index is 12.9. The molecule has 0 saturated heterocycles. The Kier molecular flexibility index (Phi) is 5.96. The van der Waals surface area contributed by atoms with Crippen LogP contribution in [0.5, 0.6) is 0 Å². The summed E-state index contributed by atoms with van der Waals surface area (Å²) in [5.74, 6) is 0.0720. The number of fused-ring (bicyclic) bond motifs is 1.